The molecule has 1 aromatic rings. The SMILES string of the molecule is CCC(C)C(C)NC(=O)c1cc(C#CCN)ccc1C. The van der Waals surface area contributed by atoms with Gasteiger partial charge in [-0.05, 0) is 37.5 Å². The van der Waals surface area contributed by atoms with Crippen molar-refractivity contribution >= 4 is 5.91 Å². The van der Waals surface area contributed by atoms with Gasteiger partial charge in [-0.2, -0.15) is 0 Å². The van der Waals surface area contributed by atoms with E-state index < -0.39 is 0 Å². The molecule has 0 bridgehead atoms. The van der Waals surface area contributed by atoms with Gasteiger partial charge in [0.05, 0.1) is 6.54 Å². The van der Waals surface area contributed by atoms with Crippen molar-refractivity contribution in [2.24, 2.45) is 11.7 Å². The highest BCUT2D eigenvalue weighted by atomic mass is 16.1. The monoisotopic (exact) mass is 272 g/mol. The van der Waals surface area contributed by atoms with Gasteiger partial charge in [0, 0.05) is 17.2 Å². The summed E-state index contributed by atoms with van der Waals surface area (Å²) in [5.74, 6) is 6.19. The predicted octanol–water partition coefficient (Wildman–Crippen LogP) is 2.47. The van der Waals surface area contributed by atoms with E-state index in [1.54, 1.807) is 0 Å². The Morgan fingerprint density at radius 1 is 1.40 bits per heavy atom. The fourth-order valence-electron chi connectivity index (χ4n) is 1.88. The molecule has 3 N–H and O–H groups in total. The van der Waals surface area contributed by atoms with Crippen molar-refractivity contribution in [2.75, 3.05) is 6.54 Å². The van der Waals surface area contributed by atoms with Gasteiger partial charge in [-0.3, -0.25) is 4.79 Å². The number of amides is 1. The molecule has 0 aliphatic rings. The van der Waals surface area contributed by atoms with Crippen molar-refractivity contribution in [3.05, 3.63) is 34.9 Å². The van der Waals surface area contributed by atoms with Gasteiger partial charge in [0.25, 0.3) is 5.91 Å². The Labute approximate surface area is 121 Å². The van der Waals surface area contributed by atoms with Crippen LogP contribution in [0, 0.1) is 24.7 Å². The zero-order chi connectivity index (χ0) is 15.1. The number of rotatable bonds is 4. The van der Waals surface area contributed by atoms with Crippen LogP contribution in [0.15, 0.2) is 18.2 Å². The van der Waals surface area contributed by atoms with Gasteiger partial charge in [-0.1, -0.05) is 38.2 Å². The van der Waals surface area contributed by atoms with Crippen molar-refractivity contribution in [1.29, 1.82) is 0 Å². The molecule has 1 aromatic carbocycles. The molecule has 1 amide bonds. The predicted molar refractivity (Wildman–Crippen MR) is 83.5 cm³/mol. The number of carbonyl (C=O) groups is 1. The van der Waals surface area contributed by atoms with E-state index >= 15 is 0 Å². The average Bonchev–Trinajstić information content (AvgIpc) is 2.45. The molecule has 0 saturated heterocycles. The number of hydrogen-bond acceptors (Lipinski definition) is 2. The molecule has 0 fully saturated rings. The van der Waals surface area contributed by atoms with Gasteiger partial charge >= 0.3 is 0 Å². The minimum atomic E-state index is -0.0355. The van der Waals surface area contributed by atoms with E-state index in [0.717, 1.165) is 17.5 Å². The summed E-state index contributed by atoms with van der Waals surface area (Å²) in [6.45, 7) is 8.56. The average molecular weight is 272 g/mol. The van der Waals surface area contributed by atoms with Crippen LogP contribution in [0.5, 0.6) is 0 Å². The van der Waals surface area contributed by atoms with E-state index in [-0.39, 0.29) is 11.9 Å². The number of aryl methyl sites for hydroxylation is 1. The maximum absolute atomic E-state index is 12.3. The summed E-state index contributed by atoms with van der Waals surface area (Å²) in [6, 6.07) is 5.82. The highest BCUT2D eigenvalue weighted by Crippen LogP contribution is 2.13. The fourth-order valence-corrected chi connectivity index (χ4v) is 1.88. The molecule has 2 unspecified atom stereocenters. The Morgan fingerprint density at radius 2 is 2.10 bits per heavy atom. The van der Waals surface area contributed by atoms with Gasteiger partial charge < -0.3 is 11.1 Å². The lowest BCUT2D eigenvalue weighted by Gasteiger charge is -2.20. The minimum absolute atomic E-state index is 0.0355. The zero-order valence-electron chi connectivity index (χ0n) is 12.8. The minimum Gasteiger partial charge on any atom is -0.349 e. The number of hydrogen-bond donors (Lipinski definition) is 2. The third-order valence-electron chi connectivity index (χ3n) is 3.67. The van der Waals surface area contributed by atoms with Gasteiger partial charge in [0.2, 0.25) is 0 Å². The molecule has 0 radical (unpaired) electrons. The van der Waals surface area contributed by atoms with Crippen LogP contribution in [-0.2, 0) is 0 Å². The third-order valence-corrected chi connectivity index (χ3v) is 3.67. The quantitative estimate of drug-likeness (QED) is 0.827. The van der Waals surface area contributed by atoms with Crippen molar-refractivity contribution in [1.82, 2.24) is 5.32 Å². The summed E-state index contributed by atoms with van der Waals surface area (Å²) in [5, 5.41) is 3.06. The molecule has 0 aliphatic carbocycles. The van der Waals surface area contributed by atoms with Crippen LogP contribution in [-0.4, -0.2) is 18.5 Å². The van der Waals surface area contributed by atoms with Gasteiger partial charge in [0.1, 0.15) is 0 Å². The number of carbonyl (C=O) groups excluding carboxylic acids is 1. The van der Waals surface area contributed by atoms with Crippen LogP contribution in [0.1, 0.15) is 48.7 Å². The first kappa shape index (κ1) is 16.3. The Bertz CT molecular complexity index is 526. The molecule has 3 heteroatoms. The molecule has 0 aromatic heterocycles. The fraction of sp³-hybridized carbons (Fsp3) is 0.471. The van der Waals surface area contributed by atoms with Crippen molar-refractivity contribution in [2.45, 2.75) is 40.2 Å². The molecule has 0 saturated carbocycles. The molecular weight excluding hydrogens is 248 g/mol. The summed E-state index contributed by atoms with van der Waals surface area (Å²) in [4.78, 5) is 12.3. The Kier molecular flexibility index (Phi) is 6.27. The topological polar surface area (TPSA) is 55.1 Å². The van der Waals surface area contributed by atoms with Crippen LogP contribution in [0.4, 0.5) is 0 Å². The molecule has 3 nitrogen and oxygen atoms in total. The first-order valence-electron chi connectivity index (χ1n) is 7.10. The Morgan fingerprint density at radius 3 is 2.70 bits per heavy atom. The number of nitrogens with two attached hydrogens (primary N) is 1. The highest BCUT2D eigenvalue weighted by molar-refractivity contribution is 5.96. The van der Waals surface area contributed by atoms with E-state index in [4.69, 9.17) is 5.73 Å². The number of nitrogens with one attached hydrogen (secondary N) is 1. The third kappa shape index (κ3) is 4.40. The van der Waals surface area contributed by atoms with Gasteiger partial charge in [-0.25, -0.2) is 0 Å². The molecular formula is C17H24N2O. The van der Waals surface area contributed by atoms with Gasteiger partial charge in [0.15, 0.2) is 0 Å². The maximum atomic E-state index is 12.3. The van der Waals surface area contributed by atoms with E-state index in [0.29, 0.717) is 18.0 Å². The lowest BCUT2D eigenvalue weighted by molar-refractivity contribution is 0.0927. The summed E-state index contributed by atoms with van der Waals surface area (Å²) >= 11 is 0. The second-order valence-electron chi connectivity index (χ2n) is 5.18. The summed E-state index contributed by atoms with van der Waals surface area (Å²) in [6.07, 6.45) is 1.04. The van der Waals surface area contributed by atoms with Crippen LogP contribution in [0.3, 0.4) is 0 Å². The van der Waals surface area contributed by atoms with Crippen LogP contribution in [0.25, 0.3) is 0 Å². The van der Waals surface area contributed by atoms with Crippen LogP contribution < -0.4 is 11.1 Å². The van der Waals surface area contributed by atoms with E-state index in [1.165, 1.54) is 0 Å². The second-order valence-corrected chi connectivity index (χ2v) is 5.18. The van der Waals surface area contributed by atoms with Crippen molar-refractivity contribution in [3.63, 3.8) is 0 Å². The van der Waals surface area contributed by atoms with E-state index in [1.807, 2.05) is 32.0 Å². The lowest BCUT2D eigenvalue weighted by atomic mass is 9.99. The normalized spacial score (nSPS) is 13.1. The first-order valence-corrected chi connectivity index (χ1v) is 7.10. The second kappa shape index (κ2) is 7.72. The molecule has 20 heavy (non-hydrogen) atoms. The Balaban J connectivity index is 2.92. The molecule has 0 aliphatic heterocycles. The molecule has 0 heterocycles. The van der Waals surface area contributed by atoms with E-state index in [2.05, 4.69) is 31.0 Å². The molecule has 2 atom stereocenters. The zero-order valence-corrected chi connectivity index (χ0v) is 12.8. The maximum Gasteiger partial charge on any atom is 0.251 e. The van der Waals surface area contributed by atoms with Crippen LogP contribution >= 0.6 is 0 Å². The highest BCUT2D eigenvalue weighted by Gasteiger charge is 2.16. The largest absolute Gasteiger partial charge is 0.349 e. The summed E-state index contributed by atoms with van der Waals surface area (Å²) < 4.78 is 0. The van der Waals surface area contributed by atoms with E-state index in [9.17, 15) is 4.79 Å². The first-order chi connectivity index (χ1) is 9.49. The van der Waals surface area contributed by atoms with Gasteiger partial charge in [-0.15, -0.1) is 0 Å². The summed E-state index contributed by atoms with van der Waals surface area (Å²) in [5.41, 5.74) is 7.83. The van der Waals surface area contributed by atoms with Crippen LogP contribution in [0.2, 0.25) is 0 Å². The standard InChI is InChI=1S/C17H24N2O/c1-5-12(2)14(4)19-17(20)16-11-15(7-6-10-18)9-8-13(16)3/h8-9,11-12,14H,5,10,18H2,1-4H3,(H,19,20). The van der Waals surface area contributed by atoms with Crippen molar-refractivity contribution < 1.29 is 4.79 Å². The number of benzene rings is 1. The molecule has 1 rings (SSSR count). The van der Waals surface area contributed by atoms with Crippen molar-refractivity contribution in [3.8, 4) is 11.8 Å². The lowest BCUT2D eigenvalue weighted by Crippen LogP contribution is -2.37. The Hall–Kier alpha value is -1.79. The smallest absolute Gasteiger partial charge is 0.251 e. The molecule has 108 valence electrons. The molecule has 0 spiro atoms. The summed E-state index contributed by atoms with van der Waals surface area (Å²) in [7, 11) is 0.